The molecular weight excluding hydrogens is 230 g/mol. The average molecular weight is 255 g/mol. The Balaban J connectivity index is 2.87. The number of hydrogen-bond donors (Lipinski definition) is 1. The third kappa shape index (κ3) is 2.68. The minimum absolute atomic E-state index is 0.211. The summed E-state index contributed by atoms with van der Waals surface area (Å²) in [6, 6.07) is 0. The van der Waals surface area contributed by atoms with Gasteiger partial charge in [-0.05, 0) is 43.9 Å². The van der Waals surface area contributed by atoms with Gasteiger partial charge in [0.1, 0.15) is 5.54 Å². The van der Waals surface area contributed by atoms with Crippen molar-refractivity contribution in [3.05, 3.63) is 0 Å². The molecule has 0 aromatic heterocycles. The molecule has 0 unspecified atom stereocenters. The van der Waals surface area contributed by atoms with Gasteiger partial charge in [0, 0.05) is 6.54 Å². The summed E-state index contributed by atoms with van der Waals surface area (Å²) in [6.07, 6.45) is 3.57. The van der Waals surface area contributed by atoms with E-state index in [1.807, 2.05) is 6.92 Å². The fraction of sp³-hybridized carbons (Fsp3) is 0.857. The summed E-state index contributed by atoms with van der Waals surface area (Å²) >= 11 is 0. The Bertz CT molecular complexity index is 311. The summed E-state index contributed by atoms with van der Waals surface area (Å²) in [7, 11) is 0. The maximum Gasteiger partial charge on any atom is 0.329 e. The van der Waals surface area contributed by atoms with Crippen LogP contribution in [0.4, 0.5) is 0 Å². The standard InChI is InChI=1S/C14H25NO3/c1-5-15(10-16)14(12(17)18)8-6-11(7-9-14)13(2,3)4/h10-11H,5-9H2,1-4H3,(H,17,18). The van der Waals surface area contributed by atoms with Gasteiger partial charge in [0.15, 0.2) is 0 Å². The second kappa shape index (κ2) is 5.29. The fourth-order valence-electron chi connectivity index (χ4n) is 3.06. The van der Waals surface area contributed by atoms with Gasteiger partial charge < -0.3 is 10.0 Å². The topological polar surface area (TPSA) is 57.6 Å². The number of aliphatic carboxylic acids is 1. The second-order valence-electron chi connectivity index (χ2n) is 6.37. The first-order valence-corrected chi connectivity index (χ1v) is 6.73. The normalized spacial score (nSPS) is 28.8. The molecule has 1 fully saturated rings. The molecule has 1 saturated carbocycles. The van der Waals surface area contributed by atoms with E-state index in [0.717, 1.165) is 12.8 Å². The quantitative estimate of drug-likeness (QED) is 0.785. The van der Waals surface area contributed by atoms with E-state index in [1.165, 1.54) is 4.90 Å². The van der Waals surface area contributed by atoms with Crippen molar-refractivity contribution in [2.24, 2.45) is 11.3 Å². The van der Waals surface area contributed by atoms with E-state index in [2.05, 4.69) is 20.8 Å². The lowest BCUT2D eigenvalue weighted by molar-refractivity contribution is -0.159. The SMILES string of the molecule is CCN(C=O)C1(C(=O)O)CCC(C(C)(C)C)CC1. The van der Waals surface area contributed by atoms with E-state index in [0.29, 0.717) is 31.7 Å². The molecule has 1 N–H and O–H groups in total. The summed E-state index contributed by atoms with van der Waals surface area (Å²) in [5.74, 6) is -0.320. The van der Waals surface area contributed by atoms with Gasteiger partial charge >= 0.3 is 5.97 Å². The van der Waals surface area contributed by atoms with Crippen LogP contribution in [0, 0.1) is 11.3 Å². The van der Waals surface area contributed by atoms with E-state index < -0.39 is 11.5 Å². The summed E-state index contributed by atoms with van der Waals surface area (Å²) in [5.41, 5.74) is -0.763. The van der Waals surface area contributed by atoms with Gasteiger partial charge in [-0.1, -0.05) is 20.8 Å². The van der Waals surface area contributed by atoms with Gasteiger partial charge in [-0.3, -0.25) is 4.79 Å². The largest absolute Gasteiger partial charge is 0.479 e. The van der Waals surface area contributed by atoms with Crippen LogP contribution in [0.25, 0.3) is 0 Å². The van der Waals surface area contributed by atoms with Crippen molar-refractivity contribution in [1.29, 1.82) is 0 Å². The van der Waals surface area contributed by atoms with Crippen LogP contribution in [0.2, 0.25) is 0 Å². The first-order valence-electron chi connectivity index (χ1n) is 6.73. The van der Waals surface area contributed by atoms with Crippen LogP contribution in [-0.4, -0.2) is 34.5 Å². The van der Waals surface area contributed by atoms with Crippen molar-refractivity contribution >= 4 is 12.4 Å². The highest BCUT2D eigenvalue weighted by molar-refractivity contribution is 5.81. The van der Waals surface area contributed by atoms with Crippen LogP contribution >= 0.6 is 0 Å². The zero-order valence-corrected chi connectivity index (χ0v) is 11.9. The molecule has 0 aromatic rings. The van der Waals surface area contributed by atoms with Crippen molar-refractivity contribution in [2.45, 2.75) is 58.9 Å². The molecule has 1 amide bonds. The molecule has 4 nitrogen and oxygen atoms in total. The van der Waals surface area contributed by atoms with Crippen molar-refractivity contribution in [3.63, 3.8) is 0 Å². The van der Waals surface area contributed by atoms with E-state index in [9.17, 15) is 14.7 Å². The van der Waals surface area contributed by atoms with Gasteiger partial charge in [0.05, 0.1) is 0 Å². The summed E-state index contributed by atoms with van der Waals surface area (Å²) in [4.78, 5) is 24.1. The number of amides is 1. The first-order chi connectivity index (χ1) is 8.28. The molecule has 0 spiro atoms. The Morgan fingerprint density at radius 3 is 2.17 bits per heavy atom. The van der Waals surface area contributed by atoms with E-state index in [4.69, 9.17) is 0 Å². The van der Waals surface area contributed by atoms with Gasteiger partial charge in [-0.2, -0.15) is 0 Å². The van der Waals surface area contributed by atoms with Crippen LogP contribution in [0.1, 0.15) is 53.4 Å². The molecule has 0 saturated heterocycles. The highest BCUT2D eigenvalue weighted by Gasteiger charge is 2.47. The Morgan fingerprint density at radius 1 is 1.39 bits per heavy atom. The van der Waals surface area contributed by atoms with E-state index >= 15 is 0 Å². The Kier molecular flexibility index (Phi) is 4.41. The van der Waals surface area contributed by atoms with E-state index in [-0.39, 0.29) is 5.41 Å². The minimum Gasteiger partial charge on any atom is -0.479 e. The third-order valence-electron chi connectivity index (χ3n) is 4.45. The summed E-state index contributed by atoms with van der Waals surface area (Å²) in [6.45, 7) is 8.87. The van der Waals surface area contributed by atoms with Crippen LogP contribution in [0.15, 0.2) is 0 Å². The van der Waals surface area contributed by atoms with E-state index in [1.54, 1.807) is 0 Å². The van der Waals surface area contributed by atoms with Crippen LogP contribution in [0.3, 0.4) is 0 Å². The van der Waals surface area contributed by atoms with Crippen LogP contribution in [-0.2, 0) is 9.59 Å². The highest BCUT2D eigenvalue weighted by Crippen LogP contribution is 2.43. The zero-order valence-electron chi connectivity index (χ0n) is 11.9. The molecule has 18 heavy (non-hydrogen) atoms. The minimum atomic E-state index is -0.974. The molecule has 0 aliphatic heterocycles. The Labute approximate surface area is 109 Å². The summed E-state index contributed by atoms with van der Waals surface area (Å²) < 4.78 is 0. The molecule has 1 aliphatic rings. The number of nitrogens with zero attached hydrogens (tertiary/aromatic N) is 1. The van der Waals surface area contributed by atoms with Gasteiger partial charge in [-0.15, -0.1) is 0 Å². The van der Waals surface area contributed by atoms with Gasteiger partial charge in [0.2, 0.25) is 6.41 Å². The number of carboxylic acid groups (broad SMARTS) is 1. The van der Waals surface area contributed by atoms with Gasteiger partial charge in [0.25, 0.3) is 0 Å². The Hall–Kier alpha value is -1.06. The predicted molar refractivity (Wildman–Crippen MR) is 70.2 cm³/mol. The number of likely N-dealkylation sites (N-methyl/N-ethyl adjacent to an activating group) is 1. The number of rotatable bonds is 4. The maximum atomic E-state index is 11.6. The zero-order chi connectivity index (χ0) is 14.0. The lowest BCUT2D eigenvalue weighted by atomic mass is 9.67. The molecule has 0 aromatic carbocycles. The smallest absolute Gasteiger partial charge is 0.329 e. The molecule has 0 atom stereocenters. The molecular formula is C14H25NO3. The van der Waals surface area contributed by atoms with Crippen molar-refractivity contribution in [2.75, 3.05) is 6.54 Å². The number of carboxylic acids is 1. The molecule has 0 bridgehead atoms. The highest BCUT2D eigenvalue weighted by atomic mass is 16.4. The van der Waals surface area contributed by atoms with Gasteiger partial charge in [-0.25, -0.2) is 4.79 Å². The fourth-order valence-corrected chi connectivity index (χ4v) is 3.06. The maximum absolute atomic E-state index is 11.6. The lowest BCUT2D eigenvalue weighted by Crippen LogP contribution is -2.56. The first kappa shape index (κ1) is 15.0. The molecule has 104 valence electrons. The monoisotopic (exact) mass is 255 g/mol. The number of hydrogen-bond acceptors (Lipinski definition) is 2. The lowest BCUT2D eigenvalue weighted by Gasteiger charge is -2.45. The summed E-state index contributed by atoms with van der Waals surface area (Å²) in [5, 5.41) is 9.51. The van der Waals surface area contributed by atoms with Crippen molar-refractivity contribution in [3.8, 4) is 0 Å². The number of carbonyl (C=O) groups excluding carboxylic acids is 1. The predicted octanol–water partition coefficient (Wildman–Crippen LogP) is 2.52. The van der Waals surface area contributed by atoms with Crippen LogP contribution in [0.5, 0.6) is 0 Å². The molecule has 4 heteroatoms. The van der Waals surface area contributed by atoms with Crippen molar-refractivity contribution < 1.29 is 14.7 Å². The second-order valence-corrected chi connectivity index (χ2v) is 6.37. The Morgan fingerprint density at radius 2 is 1.89 bits per heavy atom. The third-order valence-corrected chi connectivity index (χ3v) is 4.45. The molecule has 1 aliphatic carbocycles. The van der Waals surface area contributed by atoms with Crippen LogP contribution < -0.4 is 0 Å². The molecule has 1 rings (SSSR count). The number of carbonyl (C=O) groups is 2. The molecule has 0 heterocycles. The van der Waals surface area contributed by atoms with Crippen molar-refractivity contribution in [1.82, 2.24) is 4.90 Å². The average Bonchev–Trinajstić information content (AvgIpc) is 2.29. The molecule has 0 radical (unpaired) electrons.